The van der Waals surface area contributed by atoms with Crippen LogP contribution >= 0.6 is 0 Å². The van der Waals surface area contributed by atoms with Crippen LogP contribution in [0.2, 0.25) is 0 Å². The van der Waals surface area contributed by atoms with E-state index in [2.05, 4.69) is 11.0 Å². The monoisotopic (exact) mass is 381 g/mol. The summed E-state index contributed by atoms with van der Waals surface area (Å²) in [5.74, 6) is 0.336. The highest BCUT2D eigenvalue weighted by Crippen LogP contribution is 2.28. The molecule has 1 amide bonds. The van der Waals surface area contributed by atoms with Gasteiger partial charge in [-0.1, -0.05) is 18.2 Å². The van der Waals surface area contributed by atoms with Gasteiger partial charge in [0, 0.05) is 36.8 Å². The van der Waals surface area contributed by atoms with Crippen LogP contribution in [0, 0.1) is 5.82 Å². The Bertz CT molecular complexity index is 819. The number of piperidine rings is 2. The molecule has 2 aliphatic rings. The Morgan fingerprint density at radius 2 is 1.86 bits per heavy atom. The van der Waals surface area contributed by atoms with E-state index in [0.717, 1.165) is 68.8 Å². The van der Waals surface area contributed by atoms with Crippen molar-refractivity contribution in [1.29, 1.82) is 0 Å². The predicted molar refractivity (Wildman–Crippen MR) is 108 cm³/mol. The Labute approximate surface area is 166 Å². The van der Waals surface area contributed by atoms with Crippen LogP contribution in [0.3, 0.4) is 0 Å². The van der Waals surface area contributed by atoms with Crippen molar-refractivity contribution < 1.29 is 9.18 Å². The molecule has 2 aliphatic heterocycles. The summed E-state index contributed by atoms with van der Waals surface area (Å²) >= 11 is 0. The molecule has 2 aromatic rings. The molecular formula is C23H28FN3O. The van der Waals surface area contributed by atoms with Crippen LogP contribution in [-0.2, 0) is 4.79 Å². The van der Waals surface area contributed by atoms with Crippen molar-refractivity contribution in [3.05, 3.63) is 54.0 Å². The number of aromatic nitrogens is 1. The summed E-state index contributed by atoms with van der Waals surface area (Å²) in [6, 6.07) is 12.6. The first-order valence-corrected chi connectivity index (χ1v) is 10.4. The van der Waals surface area contributed by atoms with Gasteiger partial charge in [-0.3, -0.25) is 14.7 Å². The zero-order chi connectivity index (χ0) is 19.3. The van der Waals surface area contributed by atoms with Crippen LogP contribution in [0.4, 0.5) is 4.39 Å². The quantitative estimate of drug-likeness (QED) is 0.801. The summed E-state index contributed by atoms with van der Waals surface area (Å²) in [5.41, 5.74) is 2.64. The first kappa shape index (κ1) is 19.1. The van der Waals surface area contributed by atoms with Crippen molar-refractivity contribution in [2.24, 2.45) is 0 Å². The lowest BCUT2D eigenvalue weighted by atomic mass is 9.93. The number of hydrogen-bond acceptors (Lipinski definition) is 3. The largest absolute Gasteiger partial charge is 0.342 e. The van der Waals surface area contributed by atoms with Gasteiger partial charge in [0.15, 0.2) is 0 Å². The van der Waals surface area contributed by atoms with Gasteiger partial charge in [-0.15, -0.1) is 0 Å². The van der Waals surface area contributed by atoms with Crippen molar-refractivity contribution >= 4 is 5.91 Å². The lowest BCUT2D eigenvalue weighted by molar-refractivity contribution is -0.133. The van der Waals surface area contributed by atoms with E-state index in [0.29, 0.717) is 12.5 Å². The number of likely N-dealkylation sites (tertiary alicyclic amines) is 2. The van der Waals surface area contributed by atoms with Crippen LogP contribution < -0.4 is 0 Å². The lowest BCUT2D eigenvalue weighted by Gasteiger charge is -2.34. The van der Waals surface area contributed by atoms with Crippen LogP contribution in [0.15, 0.2) is 42.5 Å². The van der Waals surface area contributed by atoms with Crippen LogP contribution in [0.1, 0.15) is 43.7 Å². The molecule has 0 spiro atoms. The van der Waals surface area contributed by atoms with Gasteiger partial charge < -0.3 is 4.90 Å². The molecule has 4 rings (SSSR count). The fourth-order valence-electron chi connectivity index (χ4n) is 4.36. The molecule has 0 N–H and O–H groups in total. The van der Waals surface area contributed by atoms with Crippen molar-refractivity contribution in [3.63, 3.8) is 0 Å². The molecular weight excluding hydrogens is 353 g/mol. The minimum absolute atomic E-state index is 0.246. The van der Waals surface area contributed by atoms with Gasteiger partial charge in [-0.05, 0) is 62.9 Å². The summed E-state index contributed by atoms with van der Waals surface area (Å²) in [6.07, 6.45) is 5.65. The zero-order valence-corrected chi connectivity index (χ0v) is 16.3. The van der Waals surface area contributed by atoms with Crippen molar-refractivity contribution in [1.82, 2.24) is 14.8 Å². The molecule has 1 atom stereocenters. The number of rotatable bonds is 4. The Morgan fingerprint density at radius 1 is 1.04 bits per heavy atom. The topological polar surface area (TPSA) is 36.4 Å². The Balaban J connectivity index is 1.43. The molecule has 5 heteroatoms. The number of benzene rings is 1. The average molecular weight is 381 g/mol. The van der Waals surface area contributed by atoms with E-state index in [1.54, 1.807) is 6.07 Å². The summed E-state index contributed by atoms with van der Waals surface area (Å²) in [4.78, 5) is 21.7. The first-order chi connectivity index (χ1) is 13.7. The first-order valence-electron chi connectivity index (χ1n) is 10.4. The highest BCUT2D eigenvalue weighted by molar-refractivity contribution is 5.78. The molecule has 148 valence electrons. The van der Waals surface area contributed by atoms with E-state index in [-0.39, 0.29) is 11.7 Å². The third kappa shape index (κ3) is 4.58. The van der Waals surface area contributed by atoms with Crippen LogP contribution in [0.5, 0.6) is 0 Å². The third-order valence-corrected chi connectivity index (χ3v) is 5.88. The van der Waals surface area contributed by atoms with E-state index >= 15 is 0 Å². The van der Waals surface area contributed by atoms with Gasteiger partial charge in [-0.2, -0.15) is 0 Å². The normalized spacial score (nSPS) is 20.9. The van der Waals surface area contributed by atoms with Crippen LogP contribution in [-0.4, -0.2) is 53.4 Å². The molecule has 0 radical (unpaired) electrons. The summed E-state index contributed by atoms with van der Waals surface area (Å²) < 4.78 is 13.6. The van der Waals surface area contributed by atoms with Crippen molar-refractivity contribution in [2.75, 3.05) is 32.7 Å². The summed E-state index contributed by atoms with van der Waals surface area (Å²) in [5, 5.41) is 0. The molecule has 28 heavy (non-hydrogen) atoms. The number of hydrogen-bond donors (Lipinski definition) is 0. The second-order valence-electron chi connectivity index (χ2n) is 7.97. The average Bonchev–Trinajstić information content (AvgIpc) is 2.75. The molecule has 0 saturated carbocycles. The van der Waals surface area contributed by atoms with E-state index in [4.69, 9.17) is 4.98 Å². The molecule has 3 heterocycles. The van der Waals surface area contributed by atoms with Gasteiger partial charge in [0.2, 0.25) is 5.91 Å². The molecule has 4 nitrogen and oxygen atoms in total. The maximum Gasteiger partial charge on any atom is 0.236 e. The fourth-order valence-corrected chi connectivity index (χ4v) is 4.36. The second kappa shape index (κ2) is 8.82. The van der Waals surface area contributed by atoms with Crippen molar-refractivity contribution in [3.8, 4) is 11.3 Å². The van der Waals surface area contributed by atoms with E-state index in [1.165, 1.54) is 18.6 Å². The second-order valence-corrected chi connectivity index (χ2v) is 7.97. The van der Waals surface area contributed by atoms with Gasteiger partial charge in [0.25, 0.3) is 0 Å². The number of amides is 1. The fraction of sp³-hybridized carbons (Fsp3) is 0.478. The highest BCUT2D eigenvalue weighted by Gasteiger charge is 2.26. The lowest BCUT2D eigenvalue weighted by Crippen LogP contribution is -2.45. The highest BCUT2D eigenvalue weighted by atomic mass is 19.1. The minimum Gasteiger partial charge on any atom is -0.342 e. The maximum absolute atomic E-state index is 13.6. The van der Waals surface area contributed by atoms with E-state index in [1.807, 2.05) is 23.1 Å². The van der Waals surface area contributed by atoms with Crippen molar-refractivity contribution in [2.45, 2.75) is 38.0 Å². The minimum atomic E-state index is -0.246. The molecule has 0 aliphatic carbocycles. The molecule has 2 fully saturated rings. The van der Waals surface area contributed by atoms with Gasteiger partial charge in [-0.25, -0.2) is 4.39 Å². The molecule has 0 unspecified atom stereocenters. The Hall–Kier alpha value is -2.27. The Kier molecular flexibility index (Phi) is 6.01. The van der Waals surface area contributed by atoms with E-state index < -0.39 is 0 Å². The summed E-state index contributed by atoms with van der Waals surface area (Å²) in [6.45, 7) is 4.17. The molecule has 1 aromatic carbocycles. The molecule has 2 saturated heterocycles. The van der Waals surface area contributed by atoms with Crippen LogP contribution in [0.25, 0.3) is 11.3 Å². The number of carbonyl (C=O) groups is 1. The SMILES string of the molecule is O=C(CN1CCC[C@H](c2cccc(-c3cccc(F)c3)n2)C1)N1CCCCC1. The summed E-state index contributed by atoms with van der Waals surface area (Å²) in [7, 11) is 0. The number of nitrogens with zero attached hydrogens (tertiary/aromatic N) is 3. The number of pyridine rings is 1. The maximum atomic E-state index is 13.6. The molecule has 0 bridgehead atoms. The van der Waals surface area contributed by atoms with Gasteiger partial charge >= 0.3 is 0 Å². The van der Waals surface area contributed by atoms with Gasteiger partial charge in [0.1, 0.15) is 5.82 Å². The molecule has 1 aromatic heterocycles. The third-order valence-electron chi connectivity index (χ3n) is 5.88. The zero-order valence-electron chi connectivity index (χ0n) is 16.3. The van der Waals surface area contributed by atoms with Gasteiger partial charge in [0.05, 0.1) is 12.2 Å². The smallest absolute Gasteiger partial charge is 0.236 e. The van der Waals surface area contributed by atoms with E-state index in [9.17, 15) is 9.18 Å². The number of halogens is 1. The standard InChI is InChI=1S/C23H28FN3O/c24-20-9-4-7-18(15-20)21-10-5-11-22(25-21)19-8-6-12-26(16-19)17-23(28)27-13-2-1-3-14-27/h4-5,7,9-11,15,19H,1-3,6,8,12-14,16-17H2/t19-/m0/s1. The number of carbonyl (C=O) groups excluding carboxylic acids is 1. The predicted octanol–water partition coefficient (Wildman–Crippen LogP) is 4.08. The Morgan fingerprint density at radius 3 is 2.68 bits per heavy atom.